The van der Waals surface area contributed by atoms with Gasteiger partial charge in [0.2, 0.25) is 5.69 Å². The number of hydrogen-bond acceptors (Lipinski definition) is 7. The molecule has 1 saturated heterocycles. The van der Waals surface area contributed by atoms with Crippen LogP contribution in [-0.4, -0.2) is 39.0 Å². The van der Waals surface area contributed by atoms with Crippen LogP contribution >= 0.6 is 0 Å². The Morgan fingerprint density at radius 2 is 1.81 bits per heavy atom. The van der Waals surface area contributed by atoms with Crippen molar-refractivity contribution in [3.8, 4) is 0 Å². The predicted octanol–water partition coefficient (Wildman–Crippen LogP) is 2.47. The van der Waals surface area contributed by atoms with Gasteiger partial charge in [-0.2, -0.15) is 5.10 Å². The summed E-state index contributed by atoms with van der Waals surface area (Å²) in [5, 5.41) is 30.4. The number of aromatic nitrogens is 2. The SMILES string of the molecule is O=C(Nc1cc(N2CCCCC2)ccc1[N+](=O)[O-])c1n[nH]cc1[N+](=O)[O-]. The van der Waals surface area contributed by atoms with Gasteiger partial charge in [-0.1, -0.05) is 0 Å². The molecular formula is C15H16N6O5. The molecule has 2 heterocycles. The van der Waals surface area contributed by atoms with E-state index in [1.54, 1.807) is 6.07 Å². The van der Waals surface area contributed by atoms with Crippen LogP contribution < -0.4 is 10.2 Å². The summed E-state index contributed by atoms with van der Waals surface area (Å²) < 4.78 is 0. The lowest BCUT2D eigenvalue weighted by atomic mass is 10.1. The van der Waals surface area contributed by atoms with Gasteiger partial charge in [0, 0.05) is 24.8 Å². The zero-order valence-corrected chi connectivity index (χ0v) is 13.7. The molecule has 0 unspecified atom stereocenters. The van der Waals surface area contributed by atoms with Crippen molar-refractivity contribution in [3.05, 3.63) is 50.3 Å². The van der Waals surface area contributed by atoms with Gasteiger partial charge in [-0.15, -0.1) is 0 Å². The summed E-state index contributed by atoms with van der Waals surface area (Å²) in [4.78, 5) is 35.2. The molecule has 1 aromatic heterocycles. The molecule has 1 fully saturated rings. The molecule has 1 aliphatic heterocycles. The molecule has 0 bridgehead atoms. The van der Waals surface area contributed by atoms with Gasteiger partial charge in [0.25, 0.3) is 11.6 Å². The van der Waals surface area contributed by atoms with Crippen LogP contribution in [-0.2, 0) is 0 Å². The number of anilines is 2. The van der Waals surface area contributed by atoms with E-state index in [1.165, 1.54) is 12.1 Å². The average molecular weight is 360 g/mol. The van der Waals surface area contributed by atoms with Gasteiger partial charge >= 0.3 is 5.69 Å². The van der Waals surface area contributed by atoms with Crippen molar-refractivity contribution in [2.24, 2.45) is 0 Å². The molecule has 1 aromatic carbocycles. The maximum absolute atomic E-state index is 12.3. The molecule has 136 valence electrons. The molecule has 11 nitrogen and oxygen atoms in total. The Balaban J connectivity index is 1.91. The Bertz CT molecular complexity index is 858. The van der Waals surface area contributed by atoms with E-state index in [0.717, 1.165) is 44.2 Å². The molecule has 3 rings (SSSR count). The van der Waals surface area contributed by atoms with Crippen molar-refractivity contribution in [3.63, 3.8) is 0 Å². The molecule has 0 atom stereocenters. The maximum atomic E-state index is 12.3. The number of piperidine rings is 1. The normalized spacial score (nSPS) is 14.1. The standard InChI is InChI=1S/C15H16N6O5/c22-15(14-13(21(25)26)9-16-18-14)17-11-8-10(4-5-12(11)20(23)24)19-6-2-1-3-7-19/h4-5,8-9H,1-3,6-7H2,(H,16,18)(H,17,22). The number of hydrogen-bond donors (Lipinski definition) is 2. The summed E-state index contributed by atoms with van der Waals surface area (Å²) in [5.74, 6) is -0.892. The quantitative estimate of drug-likeness (QED) is 0.614. The number of H-pyrrole nitrogens is 1. The lowest BCUT2D eigenvalue weighted by Crippen LogP contribution is -2.29. The molecule has 11 heteroatoms. The third kappa shape index (κ3) is 3.45. The van der Waals surface area contributed by atoms with Gasteiger partial charge in [0.1, 0.15) is 11.9 Å². The fraction of sp³-hybridized carbons (Fsp3) is 0.333. The number of carbonyl (C=O) groups is 1. The number of nitro groups is 2. The zero-order chi connectivity index (χ0) is 18.7. The summed E-state index contributed by atoms with van der Waals surface area (Å²) in [6.07, 6.45) is 4.17. The second kappa shape index (κ2) is 7.17. The first kappa shape index (κ1) is 17.3. The number of benzene rings is 1. The van der Waals surface area contributed by atoms with Crippen molar-refractivity contribution in [2.45, 2.75) is 19.3 Å². The fourth-order valence-corrected chi connectivity index (χ4v) is 2.90. The monoisotopic (exact) mass is 360 g/mol. The smallest absolute Gasteiger partial charge is 0.319 e. The van der Waals surface area contributed by atoms with E-state index in [4.69, 9.17) is 0 Å². The van der Waals surface area contributed by atoms with Crippen molar-refractivity contribution in [1.82, 2.24) is 10.2 Å². The number of rotatable bonds is 5. The minimum absolute atomic E-state index is 0.0274. The van der Waals surface area contributed by atoms with E-state index in [2.05, 4.69) is 20.4 Å². The summed E-state index contributed by atoms with van der Waals surface area (Å²) in [5.41, 5.74) is -0.509. The second-order valence-corrected chi connectivity index (χ2v) is 5.84. The van der Waals surface area contributed by atoms with E-state index in [0.29, 0.717) is 0 Å². The Morgan fingerprint density at radius 1 is 1.12 bits per heavy atom. The van der Waals surface area contributed by atoms with Gasteiger partial charge in [0.15, 0.2) is 0 Å². The van der Waals surface area contributed by atoms with Gasteiger partial charge in [0.05, 0.1) is 9.85 Å². The van der Waals surface area contributed by atoms with Crippen LogP contribution in [0.15, 0.2) is 24.4 Å². The summed E-state index contributed by atoms with van der Waals surface area (Å²) in [7, 11) is 0. The van der Waals surface area contributed by atoms with E-state index < -0.39 is 27.1 Å². The summed E-state index contributed by atoms with van der Waals surface area (Å²) in [6.45, 7) is 1.66. The highest BCUT2D eigenvalue weighted by atomic mass is 16.6. The third-order valence-corrected chi connectivity index (χ3v) is 4.18. The number of carbonyl (C=O) groups excluding carboxylic acids is 1. The Kier molecular flexibility index (Phi) is 4.78. The van der Waals surface area contributed by atoms with Gasteiger partial charge in [-0.3, -0.25) is 30.1 Å². The van der Waals surface area contributed by atoms with Crippen molar-refractivity contribution >= 4 is 28.7 Å². The topological polar surface area (TPSA) is 147 Å². The summed E-state index contributed by atoms with van der Waals surface area (Å²) >= 11 is 0. The Hall–Kier alpha value is -3.50. The highest BCUT2D eigenvalue weighted by molar-refractivity contribution is 6.06. The van der Waals surface area contributed by atoms with Crippen LogP contribution in [0.5, 0.6) is 0 Å². The van der Waals surface area contributed by atoms with Crippen molar-refractivity contribution < 1.29 is 14.6 Å². The third-order valence-electron chi connectivity index (χ3n) is 4.18. The number of amides is 1. The van der Waals surface area contributed by atoms with E-state index in [9.17, 15) is 25.0 Å². The number of aromatic amines is 1. The second-order valence-electron chi connectivity index (χ2n) is 5.84. The molecule has 0 spiro atoms. The van der Waals surface area contributed by atoms with Crippen molar-refractivity contribution in [1.29, 1.82) is 0 Å². The van der Waals surface area contributed by atoms with Crippen LogP contribution in [0, 0.1) is 20.2 Å². The largest absolute Gasteiger partial charge is 0.371 e. The van der Waals surface area contributed by atoms with Gasteiger partial charge in [-0.25, -0.2) is 0 Å². The lowest BCUT2D eigenvalue weighted by molar-refractivity contribution is -0.385. The number of nitro benzene ring substituents is 1. The zero-order valence-electron chi connectivity index (χ0n) is 13.7. The van der Waals surface area contributed by atoms with Gasteiger partial charge in [-0.05, 0) is 31.4 Å². The Morgan fingerprint density at radius 3 is 2.46 bits per heavy atom. The minimum Gasteiger partial charge on any atom is -0.371 e. The number of nitrogens with one attached hydrogen (secondary N) is 2. The first-order chi connectivity index (χ1) is 12.5. The molecule has 2 N–H and O–H groups in total. The van der Waals surface area contributed by atoms with Crippen LogP contribution in [0.4, 0.5) is 22.7 Å². The van der Waals surface area contributed by atoms with E-state index >= 15 is 0 Å². The highest BCUT2D eigenvalue weighted by Gasteiger charge is 2.26. The van der Waals surface area contributed by atoms with Crippen LogP contribution in [0.1, 0.15) is 29.8 Å². The van der Waals surface area contributed by atoms with Crippen LogP contribution in [0.2, 0.25) is 0 Å². The highest BCUT2D eigenvalue weighted by Crippen LogP contribution is 2.31. The van der Waals surface area contributed by atoms with Crippen LogP contribution in [0.3, 0.4) is 0 Å². The fourth-order valence-electron chi connectivity index (χ4n) is 2.90. The predicted molar refractivity (Wildman–Crippen MR) is 92.4 cm³/mol. The first-order valence-electron chi connectivity index (χ1n) is 8.00. The average Bonchev–Trinajstić information content (AvgIpc) is 3.12. The molecule has 2 aromatic rings. The summed E-state index contributed by atoms with van der Waals surface area (Å²) in [6, 6.07) is 4.47. The molecule has 1 amide bonds. The molecular weight excluding hydrogens is 344 g/mol. The molecule has 0 aliphatic carbocycles. The van der Waals surface area contributed by atoms with E-state index in [-0.39, 0.29) is 11.4 Å². The Labute approximate surface area is 147 Å². The van der Waals surface area contributed by atoms with E-state index in [1.807, 2.05) is 0 Å². The minimum atomic E-state index is -0.892. The maximum Gasteiger partial charge on any atom is 0.319 e. The number of nitrogens with zero attached hydrogens (tertiary/aromatic N) is 4. The van der Waals surface area contributed by atoms with Crippen LogP contribution in [0.25, 0.3) is 0 Å². The molecule has 26 heavy (non-hydrogen) atoms. The van der Waals surface area contributed by atoms with Crippen molar-refractivity contribution in [2.75, 3.05) is 23.3 Å². The lowest BCUT2D eigenvalue weighted by Gasteiger charge is -2.29. The first-order valence-corrected chi connectivity index (χ1v) is 8.00. The molecule has 0 radical (unpaired) electrons. The molecule has 0 saturated carbocycles. The molecule has 1 aliphatic rings. The van der Waals surface area contributed by atoms with Gasteiger partial charge < -0.3 is 10.2 Å².